The highest BCUT2D eigenvalue weighted by atomic mass is 19.2. The Bertz CT molecular complexity index is 1960. The molecule has 0 aliphatic heterocycles. The summed E-state index contributed by atoms with van der Waals surface area (Å²) in [7, 11) is 0. The van der Waals surface area contributed by atoms with Gasteiger partial charge in [0, 0.05) is 4.73 Å². The summed E-state index contributed by atoms with van der Waals surface area (Å²) in [6, 6.07) is 0. The van der Waals surface area contributed by atoms with Crippen molar-refractivity contribution in [1.29, 1.82) is 0 Å². The number of halogens is 20. The van der Waals surface area contributed by atoms with Crippen LogP contribution in [-0.4, -0.2) is 17.7 Å². The second kappa shape index (κ2) is 16.3. The predicted octanol–water partition coefficient (Wildman–Crippen LogP) is 6.44. The van der Waals surface area contributed by atoms with Crippen LogP contribution in [0.3, 0.4) is 0 Å². The van der Waals surface area contributed by atoms with Gasteiger partial charge in [-0.05, 0) is 6.42 Å². The van der Waals surface area contributed by atoms with Gasteiger partial charge in [-0.1, -0.05) is 13.3 Å². The molecule has 0 aliphatic carbocycles. The van der Waals surface area contributed by atoms with Gasteiger partial charge < -0.3 is 0 Å². The molecule has 1 aromatic heterocycles. The number of hydrogen-bond acceptors (Lipinski definition) is 2. The van der Waals surface area contributed by atoms with Gasteiger partial charge in [0.05, 0.1) is 12.4 Å². The molecule has 0 saturated carbocycles. The normalized spacial score (nSPS) is 11.5. The Labute approximate surface area is 298 Å². The summed E-state index contributed by atoms with van der Waals surface area (Å²) in [4.78, 5) is 9.20. The van der Waals surface area contributed by atoms with Crippen LogP contribution in [0.5, 0.6) is 0 Å². The summed E-state index contributed by atoms with van der Waals surface area (Å²) in [5.74, 6) is -71.4. The molecule has 56 heavy (non-hydrogen) atoms. The van der Waals surface area contributed by atoms with Gasteiger partial charge in [0.1, 0.15) is 52.7 Å². The first-order chi connectivity index (χ1) is 26.1. The van der Waals surface area contributed by atoms with Crippen molar-refractivity contribution in [2.45, 2.75) is 19.8 Å². The van der Waals surface area contributed by atoms with E-state index in [1.54, 1.807) is 29.5 Å². The third-order valence-corrected chi connectivity index (χ3v) is 8.04. The van der Waals surface area contributed by atoms with Crippen LogP contribution in [-0.2, 0) is 0 Å². The van der Waals surface area contributed by atoms with Crippen LogP contribution in [0.25, 0.3) is 0 Å². The molecule has 5 rings (SSSR count). The lowest BCUT2D eigenvalue weighted by atomic mass is 9.12. The fourth-order valence-corrected chi connectivity index (χ4v) is 5.58. The van der Waals surface area contributed by atoms with Crippen molar-refractivity contribution < 1.29 is 97.4 Å². The van der Waals surface area contributed by atoms with Crippen molar-refractivity contribution in [3.63, 3.8) is 0 Å². The molecule has 0 N–H and O–H groups in total. The third kappa shape index (κ3) is 6.71. The van der Waals surface area contributed by atoms with E-state index in [4.69, 9.17) is 4.84 Å². The van der Waals surface area contributed by atoms with E-state index in [1.807, 2.05) is 0 Å². The Kier molecular flexibility index (Phi) is 12.5. The Hall–Kier alpha value is -5.58. The fourth-order valence-electron chi connectivity index (χ4n) is 5.58. The molecule has 0 bridgehead atoms. The molecule has 0 amide bonds. The molecule has 0 fully saturated rings. The zero-order valence-corrected chi connectivity index (χ0v) is 26.9. The number of unbranched alkanes of at least 4 members (excludes halogenated alkanes) is 1. The first-order valence-corrected chi connectivity index (χ1v) is 14.8. The minimum absolute atomic E-state index is 0.769. The number of hydrogen-bond donors (Lipinski definition) is 0. The first-order valence-electron chi connectivity index (χ1n) is 14.8. The molecule has 0 aliphatic rings. The Morgan fingerprint density at radius 2 is 0.607 bits per heavy atom. The van der Waals surface area contributed by atoms with Crippen LogP contribution in [0.1, 0.15) is 19.8 Å². The fraction of sp³-hybridized carbons (Fsp3) is 0.125. The number of nitrogens with zero attached hydrogens (tertiary/aromatic N) is 2. The predicted molar refractivity (Wildman–Crippen MR) is 150 cm³/mol. The highest BCUT2D eigenvalue weighted by Crippen LogP contribution is 2.30. The summed E-state index contributed by atoms with van der Waals surface area (Å²) in [5.41, 5.74) is -14.3. The zero-order chi connectivity index (χ0) is 42.3. The summed E-state index contributed by atoms with van der Waals surface area (Å²) in [6.45, 7) is 2.91. The van der Waals surface area contributed by atoms with Crippen LogP contribution in [0.2, 0.25) is 0 Å². The van der Waals surface area contributed by atoms with Crippen LogP contribution < -0.4 is 31.4 Å². The van der Waals surface area contributed by atoms with E-state index in [0.29, 0.717) is 0 Å². The van der Waals surface area contributed by atoms with Crippen LogP contribution in [0.15, 0.2) is 24.8 Å². The van der Waals surface area contributed by atoms with Crippen molar-refractivity contribution in [2.24, 2.45) is 0 Å². The maximum atomic E-state index is 15.4. The monoisotopic (exact) mass is 832 g/mol. The standard InChI is InChI=1S/C24BF20.C8H13N2O/c26-5-1(6(27)14(35)21(42)13(5)34)25(2-7(28)15(36)22(43)16(37)8(2)29,3-9(30)17(38)23(44)18(39)10(3)31)4-11(32)19(40)24(45)20(41)12(4)33;1-2-3-8-11-10-6-4-9-5-7-10/h;4-7H,2-3,8H2,1H3/q-1;+1. The highest BCUT2D eigenvalue weighted by molar-refractivity contribution is 7.20. The minimum Gasteiger partial charge on any atom is -0.271 e. The summed E-state index contributed by atoms with van der Waals surface area (Å²) in [6.07, 6.45) is 2.01. The van der Waals surface area contributed by atoms with Gasteiger partial charge in [0.25, 0.3) is 0 Å². The SMILES string of the molecule is CCCCO[n+]1ccncc1.Fc1c(F)c(F)c([B-](c2c(F)c(F)c(F)c(F)c2F)(c2c(F)c(F)c(F)c(F)c2F)c2c(F)c(F)c(F)c(F)c2F)c(F)c1F. The van der Waals surface area contributed by atoms with Gasteiger partial charge >= 0.3 is 0 Å². The molecule has 3 nitrogen and oxygen atoms in total. The lowest BCUT2D eigenvalue weighted by Crippen LogP contribution is -2.81. The number of benzene rings is 4. The van der Waals surface area contributed by atoms with Crippen LogP contribution in [0.4, 0.5) is 87.8 Å². The van der Waals surface area contributed by atoms with Gasteiger partial charge in [-0.3, -0.25) is 9.82 Å². The van der Waals surface area contributed by atoms with Gasteiger partial charge in [0.2, 0.25) is 12.4 Å². The Morgan fingerprint density at radius 3 is 0.821 bits per heavy atom. The van der Waals surface area contributed by atoms with E-state index >= 15 is 35.1 Å². The molecule has 24 heteroatoms. The topological polar surface area (TPSA) is 26.0 Å². The molecule has 1 heterocycles. The van der Waals surface area contributed by atoms with E-state index in [9.17, 15) is 52.7 Å². The lowest BCUT2D eigenvalue weighted by Gasteiger charge is -2.44. The average Bonchev–Trinajstić information content (AvgIpc) is 3.18. The third-order valence-electron chi connectivity index (χ3n) is 8.04. The number of aromatic nitrogens is 2. The lowest BCUT2D eigenvalue weighted by molar-refractivity contribution is -0.891. The van der Waals surface area contributed by atoms with E-state index in [1.165, 1.54) is 0 Å². The van der Waals surface area contributed by atoms with Crippen molar-refractivity contribution >= 4 is 28.0 Å². The summed E-state index contributed by atoms with van der Waals surface area (Å²) >= 11 is 0. The Balaban J connectivity index is 0.000000544. The molecule has 0 spiro atoms. The zero-order valence-electron chi connectivity index (χ0n) is 26.9. The van der Waals surface area contributed by atoms with Crippen molar-refractivity contribution in [3.05, 3.63) is 141 Å². The van der Waals surface area contributed by atoms with Gasteiger partial charge in [-0.2, -0.15) is 0 Å². The first kappa shape index (κ1) is 43.2. The van der Waals surface area contributed by atoms with Gasteiger partial charge in [-0.25, -0.2) is 87.8 Å². The molecule has 0 unspecified atom stereocenters. The molecular weight excluding hydrogens is 819 g/mol. The maximum absolute atomic E-state index is 15.4. The second-order valence-electron chi connectivity index (χ2n) is 11.1. The van der Waals surface area contributed by atoms with Crippen LogP contribution >= 0.6 is 0 Å². The smallest absolute Gasteiger partial charge is 0.240 e. The molecule has 300 valence electrons. The van der Waals surface area contributed by atoms with E-state index < -0.39 is 144 Å². The van der Waals surface area contributed by atoms with E-state index in [2.05, 4.69) is 11.9 Å². The van der Waals surface area contributed by atoms with Crippen LogP contribution in [0, 0.1) is 116 Å². The minimum atomic E-state index is -7.22. The molecule has 4 aromatic carbocycles. The molecule has 0 saturated heterocycles. The number of rotatable bonds is 8. The summed E-state index contributed by atoms with van der Waals surface area (Å²) in [5, 5.41) is 0. The van der Waals surface area contributed by atoms with Crippen molar-refractivity contribution in [3.8, 4) is 0 Å². The highest BCUT2D eigenvalue weighted by Gasteiger charge is 2.52. The van der Waals surface area contributed by atoms with Crippen molar-refractivity contribution in [1.82, 2.24) is 4.98 Å². The Morgan fingerprint density at radius 1 is 0.393 bits per heavy atom. The van der Waals surface area contributed by atoms with Crippen molar-refractivity contribution in [2.75, 3.05) is 6.61 Å². The maximum Gasteiger partial charge on any atom is 0.240 e. The second-order valence-corrected chi connectivity index (χ2v) is 11.1. The largest absolute Gasteiger partial charge is 0.271 e. The molecule has 0 atom stereocenters. The summed E-state index contributed by atoms with van der Waals surface area (Å²) < 4.78 is 296. The molecule has 5 aromatic rings. The van der Waals surface area contributed by atoms with Gasteiger partial charge in [-0.15, -0.1) is 21.9 Å². The molecule has 0 radical (unpaired) electrons. The average molecular weight is 832 g/mol. The van der Waals surface area contributed by atoms with E-state index in [0.717, 1.165) is 19.4 Å². The van der Waals surface area contributed by atoms with E-state index in [-0.39, 0.29) is 0 Å². The quantitative estimate of drug-likeness (QED) is 0.0450. The van der Waals surface area contributed by atoms with Gasteiger partial charge in [0.15, 0.2) is 76.4 Å². The molecular formula is C32H13BF20N2O.